The number of hydrogen-bond donors (Lipinski definition) is 1. The molecule has 0 aliphatic carbocycles. The Morgan fingerprint density at radius 3 is 3.07 bits per heavy atom. The highest BCUT2D eigenvalue weighted by Crippen LogP contribution is 2.23. The summed E-state index contributed by atoms with van der Waals surface area (Å²) in [7, 11) is 1.84. The Balaban J connectivity index is 1.92. The van der Waals surface area contributed by atoms with E-state index in [4.69, 9.17) is 4.74 Å². The molecule has 0 aromatic carbocycles. The first-order chi connectivity index (χ1) is 7.16. The van der Waals surface area contributed by atoms with E-state index in [1.807, 2.05) is 14.0 Å². The third kappa shape index (κ3) is 2.35. The van der Waals surface area contributed by atoms with Crippen LogP contribution in [0.3, 0.4) is 0 Å². The van der Waals surface area contributed by atoms with Gasteiger partial charge in [0.05, 0.1) is 18.8 Å². The molecule has 0 saturated carbocycles. The van der Waals surface area contributed by atoms with E-state index in [9.17, 15) is 5.11 Å². The van der Waals surface area contributed by atoms with Gasteiger partial charge in [-0.25, -0.2) is 4.98 Å². The molecule has 1 N–H and O–H groups in total. The SMILES string of the molecule is CC1CC(C(O)Cc2ncnn2C)CO1. The van der Waals surface area contributed by atoms with Crippen LogP contribution in [0.15, 0.2) is 6.33 Å². The summed E-state index contributed by atoms with van der Waals surface area (Å²) in [6.45, 7) is 2.69. The van der Waals surface area contributed by atoms with Gasteiger partial charge < -0.3 is 9.84 Å². The molecule has 2 heterocycles. The Labute approximate surface area is 89.1 Å². The number of rotatable bonds is 3. The summed E-state index contributed by atoms with van der Waals surface area (Å²) in [4.78, 5) is 4.10. The Bertz CT molecular complexity index is 326. The fraction of sp³-hybridized carbons (Fsp3) is 0.800. The number of aliphatic hydroxyl groups is 1. The lowest BCUT2D eigenvalue weighted by molar-refractivity contribution is 0.0791. The van der Waals surface area contributed by atoms with E-state index in [1.165, 1.54) is 6.33 Å². The highest BCUT2D eigenvalue weighted by atomic mass is 16.5. The summed E-state index contributed by atoms with van der Waals surface area (Å²) in [6, 6.07) is 0. The van der Waals surface area contributed by atoms with Crippen LogP contribution in [0.1, 0.15) is 19.2 Å². The molecule has 0 radical (unpaired) electrons. The van der Waals surface area contributed by atoms with Crippen LogP contribution >= 0.6 is 0 Å². The third-order valence-electron chi connectivity index (χ3n) is 2.97. The van der Waals surface area contributed by atoms with Crippen molar-refractivity contribution < 1.29 is 9.84 Å². The molecule has 0 spiro atoms. The predicted octanol–water partition coefficient (Wildman–Crippen LogP) is 0.143. The molecule has 0 amide bonds. The molecule has 1 aromatic heterocycles. The first-order valence-corrected chi connectivity index (χ1v) is 5.29. The van der Waals surface area contributed by atoms with Gasteiger partial charge in [0.1, 0.15) is 12.2 Å². The Kier molecular flexibility index (Phi) is 3.02. The van der Waals surface area contributed by atoms with Gasteiger partial charge in [-0.2, -0.15) is 5.10 Å². The smallest absolute Gasteiger partial charge is 0.138 e. The lowest BCUT2D eigenvalue weighted by Crippen LogP contribution is -2.24. The molecule has 1 aliphatic heterocycles. The van der Waals surface area contributed by atoms with Gasteiger partial charge in [-0.05, 0) is 13.3 Å². The maximum absolute atomic E-state index is 10.0. The van der Waals surface area contributed by atoms with Crippen LogP contribution in [0.4, 0.5) is 0 Å². The first-order valence-electron chi connectivity index (χ1n) is 5.29. The van der Waals surface area contributed by atoms with Crippen LogP contribution in [0.2, 0.25) is 0 Å². The number of nitrogens with zero attached hydrogens (tertiary/aromatic N) is 3. The number of hydrogen-bond acceptors (Lipinski definition) is 4. The van der Waals surface area contributed by atoms with E-state index >= 15 is 0 Å². The number of ether oxygens (including phenoxy) is 1. The van der Waals surface area contributed by atoms with E-state index in [0.29, 0.717) is 13.0 Å². The van der Waals surface area contributed by atoms with Crippen LogP contribution in [0.5, 0.6) is 0 Å². The molecule has 1 aliphatic rings. The molecular formula is C10H17N3O2. The topological polar surface area (TPSA) is 60.2 Å². The van der Waals surface area contributed by atoms with E-state index in [2.05, 4.69) is 10.1 Å². The minimum absolute atomic E-state index is 0.233. The van der Waals surface area contributed by atoms with Gasteiger partial charge in [-0.3, -0.25) is 4.68 Å². The fourth-order valence-corrected chi connectivity index (χ4v) is 1.98. The molecule has 3 unspecified atom stereocenters. The van der Waals surface area contributed by atoms with Gasteiger partial charge in [-0.1, -0.05) is 0 Å². The van der Waals surface area contributed by atoms with Crippen LogP contribution in [-0.2, 0) is 18.2 Å². The quantitative estimate of drug-likeness (QED) is 0.772. The Morgan fingerprint density at radius 2 is 2.53 bits per heavy atom. The number of aromatic nitrogens is 3. The van der Waals surface area contributed by atoms with Crippen LogP contribution in [-0.4, -0.2) is 38.7 Å². The van der Waals surface area contributed by atoms with E-state index in [0.717, 1.165) is 12.2 Å². The Hall–Kier alpha value is -0.940. The van der Waals surface area contributed by atoms with Crippen molar-refractivity contribution in [1.82, 2.24) is 14.8 Å². The van der Waals surface area contributed by atoms with Crippen molar-refractivity contribution in [3.8, 4) is 0 Å². The third-order valence-corrected chi connectivity index (χ3v) is 2.97. The van der Waals surface area contributed by atoms with E-state index in [1.54, 1.807) is 4.68 Å². The van der Waals surface area contributed by atoms with Gasteiger partial charge in [0.25, 0.3) is 0 Å². The zero-order valence-corrected chi connectivity index (χ0v) is 9.13. The number of aliphatic hydroxyl groups excluding tert-OH is 1. The largest absolute Gasteiger partial charge is 0.392 e. The second kappa shape index (κ2) is 4.28. The molecule has 1 fully saturated rings. The van der Waals surface area contributed by atoms with Crippen molar-refractivity contribution in [1.29, 1.82) is 0 Å². The maximum Gasteiger partial charge on any atom is 0.138 e. The van der Waals surface area contributed by atoms with Gasteiger partial charge in [-0.15, -0.1) is 0 Å². The minimum Gasteiger partial charge on any atom is -0.392 e. The highest BCUT2D eigenvalue weighted by Gasteiger charge is 2.29. The van der Waals surface area contributed by atoms with Crippen LogP contribution in [0, 0.1) is 5.92 Å². The molecule has 15 heavy (non-hydrogen) atoms. The summed E-state index contributed by atoms with van der Waals surface area (Å²) in [6.07, 6.45) is 2.88. The summed E-state index contributed by atoms with van der Waals surface area (Å²) in [5.74, 6) is 1.05. The van der Waals surface area contributed by atoms with Crippen molar-refractivity contribution in [3.05, 3.63) is 12.2 Å². The van der Waals surface area contributed by atoms with Gasteiger partial charge in [0.2, 0.25) is 0 Å². The van der Waals surface area contributed by atoms with Crippen molar-refractivity contribution in [2.75, 3.05) is 6.61 Å². The zero-order valence-electron chi connectivity index (χ0n) is 9.13. The molecule has 1 aromatic rings. The molecule has 3 atom stereocenters. The summed E-state index contributed by atoms with van der Waals surface area (Å²) in [5, 5.41) is 14.0. The lowest BCUT2D eigenvalue weighted by Gasteiger charge is -2.15. The van der Waals surface area contributed by atoms with Crippen LogP contribution in [0.25, 0.3) is 0 Å². The van der Waals surface area contributed by atoms with Crippen LogP contribution < -0.4 is 0 Å². The average molecular weight is 211 g/mol. The first kappa shape index (κ1) is 10.6. The second-order valence-corrected chi connectivity index (χ2v) is 4.21. The Morgan fingerprint density at radius 1 is 1.73 bits per heavy atom. The van der Waals surface area contributed by atoms with E-state index in [-0.39, 0.29) is 18.1 Å². The predicted molar refractivity (Wildman–Crippen MR) is 54.2 cm³/mol. The zero-order chi connectivity index (χ0) is 10.8. The van der Waals surface area contributed by atoms with Gasteiger partial charge >= 0.3 is 0 Å². The minimum atomic E-state index is -0.377. The van der Waals surface area contributed by atoms with Crippen molar-refractivity contribution in [3.63, 3.8) is 0 Å². The van der Waals surface area contributed by atoms with Gasteiger partial charge in [0, 0.05) is 19.4 Å². The molecule has 0 bridgehead atoms. The highest BCUT2D eigenvalue weighted by molar-refractivity contribution is 4.90. The molecule has 5 heteroatoms. The maximum atomic E-state index is 10.0. The van der Waals surface area contributed by atoms with E-state index < -0.39 is 0 Å². The monoisotopic (exact) mass is 211 g/mol. The second-order valence-electron chi connectivity index (χ2n) is 4.21. The van der Waals surface area contributed by atoms with Crippen molar-refractivity contribution in [2.24, 2.45) is 13.0 Å². The number of aryl methyl sites for hydroxylation is 1. The summed E-state index contributed by atoms with van der Waals surface area (Å²) < 4.78 is 7.13. The summed E-state index contributed by atoms with van der Waals surface area (Å²) in [5.41, 5.74) is 0. The molecule has 2 rings (SSSR count). The summed E-state index contributed by atoms with van der Waals surface area (Å²) >= 11 is 0. The molecule has 1 saturated heterocycles. The normalized spacial score (nSPS) is 28.2. The lowest BCUT2D eigenvalue weighted by atomic mass is 9.97. The average Bonchev–Trinajstić information content (AvgIpc) is 2.77. The standard InChI is InChI=1S/C10H17N3O2/c1-7-3-8(5-15-7)9(14)4-10-11-6-12-13(10)2/h6-9,14H,3-5H2,1-2H3. The fourth-order valence-electron chi connectivity index (χ4n) is 1.98. The van der Waals surface area contributed by atoms with Gasteiger partial charge in [0.15, 0.2) is 0 Å². The van der Waals surface area contributed by atoms with Crippen molar-refractivity contribution >= 4 is 0 Å². The molecular weight excluding hydrogens is 194 g/mol. The molecule has 84 valence electrons. The molecule has 5 nitrogen and oxygen atoms in total. The van der Waals surface area contributed by atoms with Crippen molar-refractivity contribution in [2.45, 2.75) is 32.0 Å².